The van der Waals surface area contributed by atoms with Gasteiger partial charge < -0.3 is 15.3 Å². The first-order valence-corrected chi connectivity index (χ1v) is 7.74. The minimum Gasteiger partial charge on any atom is -0.379 e. The van der Waals surface area contributed by atoms with Crippen molar-refractivity contribution in [3.8, 4) is 0 Å². The molecule has 0 aliphatic heterocycles. The maximum atomic E-state index is 5.88. The van der Waals surface area contributed by atoms with Crippen LogP contribution in [0.15, 0.2) is 16.3 Å². The molecule has 1 aliphatic rings. The van der Waals surface area contributed by atoms with E-state index < -0.39 is 0 Å². The molecule has 3 atom stereocenters. The summed E-state index contributed by atoms with van der Waals surface area (Å²) in [7, 11) is 3.46. The van der Waals surface area contributed by atoms with Crippen LogP contribution in [0.2, 0.25) is 0 Å². The van der Waals surface area contributed by atoms with Crippen LogP contribution < -0.4 is 5.84 Å². The molecule has 1 fully saturated rings. The summed E-state index contributed by atoms with van der Waals surface area (Å²) in [6.07, 6.45) is 6.19. The van der Waals surface area contributed by atoms with Gasteiger partial charge in [-0.1, -0.05) is 5.21 Å². The van der Waals surface area contributed by atoms with Gasteiger partial charge in [0.1, 0.15) is 0 Å². The van der Waals surface area contributed by atoms with E-state index >= 15 is 0 Å². The Morgan fingerprint density at radius 2 is 2.35 bits per heavy atom. The van der Waals surface area contributed by atoms with Crippen molar-refractivity contribution < 1.29 is 9.47 Å². The van der Waals surface area contributed by atoms with Gasteiger partial charge in [-0.15, -0.1) is 5.10 Å². The highest BCUT2D eigenvalue weighted by atomic mass is 16.5. The molecule has 1 aliphatic carbocycles. The molecule has 2 rings (SSSR count). The lowest BCUT2D eigenvalue weighted by atomic mass is 9.80. The number of nitrogens with two attached hydrogens (primary N) is 1. The molecule has 23 heavy (non-hydrogen) atoms. The van der Waals surface area contributed by atoms with Gasteiger partial charge in [0, 0.05) is 33.1 Å². The van der Waals surface area contributed by atoms with Crippen molar-refractivity contribution in [2.75, 3.05) is 14.2 Å². The third-order valence-corrected chi connectivity index (χ3v) is 4.39. The normalized spacial score (nSPS) is 29.3. The number of aromatic nitrogens is 3. The zero-order valence-corrected chi connectivity index (χ0v) is 14.3. The van der Waals surface area contributed by atoms with Crippen LogP contribution in [0, 0.1) is 6.92 Å². The molecule has 1 aromatic heterocycles. The fraction of sp³-hybridized carbons (Fsp3) is 0.733. The van der Waals surface area contributed by atoms with Crippen molar-refractivity contribution in [3.63, 3.8) is 0 Å². The van der Waals surface area contributed by atoms with Crippen molar-refractivity contribution in [2.45, 2.75) is 57.4 Å². The monoisotopic (exact) mass is 322 g/mol. The molecule has 3 unspecified atom stereocenters. The number of hydrazone groups is 1. The summed E-state index contributed by atoms with van der Waals surface area (Å²) in [6.45, 7) is 4.39. The Labute approximate surface area is 136 Å². The lowest BCUT2D eigenvalue weighted by molar-refractivity contribution is -0.0901. The van der Waals surface area contributed by atoms with Crippen molar-refractivity contribution in [3.05, 3.63) is 11.9 Å². The van der Waals surface area contributed by atoms with Crippen molar-refractivity contribution >= 4 is 11.9 Å². The van der Waals surface area contributed by atoms with Gasteiger partial charge in [-0.25, -0.2) is 4.68 Å². The summed E-state index contributed by atoms with van der Waals surface area (Å²) in [5.74, 6) is 5.26. The zero-order valence-electron chi connectivity index (χ0n) is 14.3. The first kappa shape index (κ1) is 17.6. The van der Waals surface area contributed by atoms with E-state index in [0.29, 0.717) is 12.3 Å². The molecular formula is C15H26N6O2. The van der Waals surface area contributed by atoms with Gasteiger partial charge in [0.2, 0.25) is 0 Å². The Morgan fingerprint density at radius 1 is 1.57 bits per heavy atom. The van der Waals surface area contributed by atoms with Crippen LogP contribution in [0.4, 0.5) is 0 Å². The average Bonchev–Trinajstić information content (AvgIpc) is 2.97. The summed E-state index contributed by atoms with van der Waals surface area (Å²) in [5, 5.41) is 11.8. The van der Waals surface area contributed by atoms with E-state index in [1.807, 2.05) is 24.7 Å². The fourth-order valence-corrected chi connectivity index (χ4v) is 3.03. The Kier molecular flexibility index (Phi) is 5.84. The highest BCUT2D eigenvalue weighted by Crippen LogP contribution is 2.35. The van der Waals surface area contributed by atoms with Crippen LogP contribution in [0.1, 0.15) is 31.9 Å². The van der Waals surface area contributed by atoms with E-state index in [2.05, 4.69) is 20.4 Å². The predicted octanol–water partition coefficient (Wildman–Crippen LogP) is 0.945. The first-order valence-electron chi connectivity index (χ1n) is 7.74. The molecule has 0 spiro atoms. The van der Waals surface area contributed by atoms with Crippen molar-refractivity contribution in [1.29, 1.82) is 0 Å². The van der Waals surface area contributed by atoms with Crippen LogP contribution >= 0.6 is 0 Å². The molecule has 2 N–H and O–H groups in total. The van der Waals surface area contributed by atoms with Gasteiger partial charge in [0.15, 0.2) is 0 Å². The second-order valence-corrected chi connectivity index (χ2v) is 6.08. The molecule has 0 aromatic carbocycles. The molecule has 0 bridgehead atoms. The SMILES string of the molecule is COC1CCC(Cn2cc(C)nn2)(OC)CC1N=CC(C)=NN. The summed E-state index contributed by atoms with van der Waals surface area (Å²) in [6, 6.07) is -0.00461. The fourth-order valence-electron chi connectivity index (χ4n) is 3.03. The number of hydrogen-bond acceptors (Lipinski definition) is 7. The van der Waals surface area contributed by atoms with E-state index in [1.165, 1.54) is 0 Å². The highest BCUT2D eigenvalue weighted by Gasteiger charge is 2.42. The zero-order chi connectivity index (χ0) is 16.9. The number of rotatable bonds is 6. The Balaban J connectivity index is 2.16. The maximum absolute atomic E-state index is 5.88. The maximum Gasteiger partial charge on any atom is 0.0896 e. The largest absolute Gasteiger partial charge is 0.379 e. The minimum absolute atomic E-state index is 0.00461. The van der Waals surface area contributed by atoms with E-state index in [-0.39, 0.29) is 17.7 Å². The molecule has 8 heteroatoms. The van der Waals surface area contributed by atoms with Crippen LogP contribution in [-0.4, -0.2) is 58.9 Å². The molecule has 0 amide bonds. The average molecular weight is 322 g/mol. The summed E-state index contributed by atoms with van der Waals surface area (Å²) >= 11 is 0. The van der Waals surface area contributed by atoms with E-state index in [4.69, 9.17) is 15.3 Å². The number of hydrogen-bond donors (Lipinski definition) is 1. The number of methoxy groups -OCH3 is 2. The van der Waals surface area contributed by atoms with Gasteiger partial charge in [-0.05, 0) is 26.7 Å². The second kappa shape index (κ2) is 7.65. The molecule has 8 nitrogen and oxygen atoms in total. The second-order valence-electron chi connectivity index (χ2n) is 6.08. The topological polar surface area (TPSA) is 99.9 Å². The quantitative estimate of drug-likeness (QED) is 0.477. The molecule has 0 radical (unpaired) electrons. The molecule has 1 saturated carbocycles. The van der Waals surface area contributed by atoms with E-state index in [1.54, 1.807) is 20.4 Å². The standard InChI is InChI=1S/C15H26N6O2/c1-11(18-16)8-17-13-7-15(23-4,6-5-14(13)22-3)10-21-9-12(2)19-20-21/h8-9,13-14H,5-7,10,16H2,1-4H3. The van der Waals surface area contributed by atoms with Crippen LogP contribution in [0.5, 0.6) is 0 Å². The third kappa shape index (κ3) is 4.35. The van der Waals surface area contributed by atoms with Gasteiger partial charge in [0.25, 0.3) is 0 Å². The highest BCUT2D eigenvalue weighted by molar-refractivity contribution is 6.29. The Morgan fingerprint density at radius 3 is 2.91 bits per heavy atom. The van der Waals surface area contributed by atoms with Gasteiger partial charge in [-0.2, -0.15) is 5.10 Å². The Bertz CT molecular complexity index is 570. The number of aryl methyl sites for hydroxylation is 1. The lowest BCUT2D eigenvalue weighted by Crippen LogP contribution is -2.48. The molecule has 1 aromatic rings. The third-order valence-electron chi connectivity index (χ3n) is 4.39. The predicted molar refractivity (Wildman–Crippen MR) is 88.7 cm³/mol. The summed E-state index contributed by atoms with van der Waals surface area (Å²) in [4.78, 5) is 4.61. The summed E-state index contributed by atoms with van der Waals surface area (Å²) < 4.78 is 13.3. The first-order chi connectivity index (χ1) is 11.0. The Hall–Kier alpha value is -1.80. The van der Waals surface area contributed by atoms with Gasteiger partial charge >= 0.3 is 0 Å². The molecular weight excluding hydrogens is 296 g/mol. The lowest BCUT2D eigenvalue weighted by Gasteiger charge is -2.41. The van der Waals surface area contributed by atoms with Crippen molar-refractivity contribution in [1.82, 2.24) is 15.0 Å². The minimum atomic E-state index is -0.328. The molecule has 128 valence electrons. The summed E-state index contributed by atoms with van der Waals surface area (Å²) in [5.41, 5.74) is 1.25. The van der Waals surface area contributed by atoms with E-state index in [9.17, 15) is 0 Å². The molecule has 0 saturated heterocycles. The molecule has 1 heterocycles. The van der Waals surface area contributed by atoms with Crippen LogP contribution in [0.3, 0.4) is 0 Å². The van der Waals surface area contributed by atoms with Crippen LogP contribution in [0.25, 0.3) is 0 Å². The van der Waals surface area contributed by atoms with Crippen LogP contribution in [-0.2, 0) is 16.0 Å². The van der Waals surface area contributed by atoms with E-state index in [0.717, 1.165) is 25.0 Å². The van der Waals surface area contributed by atoms with Crippen molar-refractivity contribution in [2.24, 2.45) is 15.9 Å². The number of ether oxygens (including phenoxy) is 2. The smallest absolute Gasteiger partial charge is 0.0896 e. The number of aliphatic imine (C=N–C) groups is 1. The number of nitrogens with zero attached hydrogens (tertiary/aromatic N) is 5. The van der Waals surface area contributed by atoms with Gasteiger partial charge in [-0.3, -0.25) is 4.99 Å². The van der Waals surface area contributed by atoms with Gasteiger partial charge in [0.05, 0.1) is 35.7 Å².